The molecule has 0 spiro atoms. The van der Waals surface area contributed by atoms with Crippen molar-refractivity contribution in [3.63, 3.8) is 0 Å². The van der Waals surface area contributed by atoms with Crippen LogP contribution in [0.15, 0.2) is 15.9 Å². The molecule has 1 aliphatic rings. The molecule has 0 aliphatic carbocycles. The van der Waals surface area contributed by atoms with Gasteiger partial charge >= 0.3 is 0 Å². The van der Waals surface area contributed by atoms with Gasteiger partial charge in [-0.25, -0.2) is 0 Å². The van der Waals surface area contributed by atoms with Gasteiger partial charge in [-0.15, -0.1) is 11.3 Å². The second-order valence-corrected chi connectivity index (χ2v) is 7.39. The first-order valence-corrected chi connectivity index (χ1v) is 8.16. The van der Waals surface area contributed by atoms with Crippen LogP contribution in [0.5, 0.6) is 0 Å². The van der Waals surface area contributed by atoms with E-state index in [0.717, 1.165) is 8.66 Å². The minimum absolute atomic E-state index is 0.000345. The van der Waals surface area contributed by atoms with E-state index in [2.05, 4.69) is 21.2 Å². The highest BCUT2D eigenvalue weighted by atomic mass is 79.9. The van der Waals surface area contributed by atoms with Gasteiger partial charge in [-0.1, -0.05) is 11.8 Å². The first kappa shape index (κ1) is 13.9. The Kier molecular flexibility index (Phi) is 4.69. The zero-order chi connectivity index (χ0) is 13.1. The van der Waals surface area contributed by atoms with Crippen LogP contribution < -0.4 is 5.32 Å². The van der Waals surface area contributed by atoms with Gasteiger partial charge in [-0.05, 0) is 35.0 Å². The number of hydrogen-bond donors (Lipinski definition) is 1. The molecule has 7 heteroatoms. The van der Waals surface area contributed by atoms with Crippen LogP contribution in [0.1, 0.15) is 11.8 Å². The van der Waals surface area contributed by atoms with Gasteiger partial charge in [0.15, 0.2) is 0 Å². The van der Waals surface area contributed by atoms with Gasteiger partial charge in [-0.3, -0.25) is 9.59 Å². The maximum absolute atomic E-state index is 12.2. The van der Waals surface area contributed by atoms with Crippen LogP contribution in [-0.2, 0) is 11.3 Å². The van der Waals surface area contributed by atoms with Gasteiger partial charge in [0.2, 0.25) is 5.91 Å². The summed E-state index contributed by atoms with van der Waals surface area (Å²) < 4.78 is 1.06. The van der Waals surface area contributed by atoms with E-state index in [4.69, 9.17) is 0 Å². The zero-order valence-corrected chi connectivity index (χ0v) is 13.0. The third kappa shape index (κ3) is 3.27. The summed E-state index contributed by atoms with van der Waals surface area (Å²) in [7, 11) is 0. The van der Waals surface area contributed by atoms with Crippen LogP contribution in [0.4, 0.5) is 4.79 Å². The lowest BCUT2D eigenvalue weighted by molar-refractivity contribution is -0.132. The van der Waals surface area contributed by atoms with Crippen LogP contribution in [-0.4, -0.2) is 34.4 Å². The standard InChI is InChI=1S/C11H13BrN2O2S2/c1-2-14(5-7-3-4-9(12)18-7)10(15)8-6-17-11(16)13-8/h3-4,8H,2,5-6H2,1H3,(H,13,16)/t8-/m1/s1. The number of thioether (sulfide) groups is 1. The fourth-order valence-electron chi connectivity index (χ4n) is 1.71. The molecule has 1 aliphatic heterocycles. The third-order valence-corrected chi connectivity index (χ3v) is 5.13. The predicted molar refractivity (Wildman–Crippen MR) is 77.9 cm³/mol. The summed E-state index contributed by atoms with van der Waals surface area (Å²) in [5.74, 6) is 0.530. The number of hydrogen-bond acceptors (Lipinski definition) is 4. The number of carbonyl (C=O) groups is 2. The average molecular weight is 349 g/mol. The molecule has 1 N–H and O–H groups in total. The largest absolute Gasteiger partial charge is 0.336 e. The highest BCUT2D eigenvalue weighted by Crippen LogP contribution is 2.24. The van der Waals surface area contributed by atoms with Crippen molar-refractivity contribution in [3.05, 3.63) is 20.8 Å². The topological polar surface area (TPSA) is 49.4 Å². The summed E-state index contributed by atoms with van der Waals surface area (Å²) in [6.45, 7) is 3.19. The van der Waals surface area contributed by atoms with Gasteiger partial charge in [0.25, 0.3) is 5.24 Å². The maximum Gasteiger partial charge on any atom is 0.279 e. The number of rotatable bonds is 4. The van der Waals surface area contributed by atoms with Crippen molar-refractivity contribution in [2.24, 2.45) is 0 Å². The number of nitrogens with one attached hydrogen (secondary N) is 1. The van der Waals surface area contributed by atoms with Crippen molar-refractivity contribution < 1.29 is 9.59 Å². The molecule has 1 aromatic heterocycles. The normalized spacial score (nSPS) is 18.8. The summed E-state index contributed by atoms with van der Waals surface area (Å²) in [6, 6.07) is 3.61. The van der Waals surface area contributed by atoms with Crippen molar-refractivity contribution in [3.8, 4) is 0 Å². The lowest BCUT2D eigenvalue weighted by Gasteiger charge is -2.23. The van der Waals surface area contributed by atoms with Gasteiger partial charge in [0.1, 0.15) is 6.04 Å². The van der Waals surface area contributed by atoms with E-state index in [1.54, 1.807) is 16.2 Å². The maximum atomic E-state index is 12.2. The number of carbonyl (C=O) groups excluding carboxylic acids is 2. The predicted octanol–water partition coefficient (Wildman–Crippen LogP) is 2.68. The molecule has 1 fully saturated rings. The molecule has 18 heavy (non-hydrogen) atoms. The Hall–Kier alpha value is -0.530. The van der Waals surface area contributed by atoms with Crippen LogP contribution in [0.2, 0.25) is 0 Å². The quantitative estimate of drug-likeness (QED) is 0.909. The van der Waals surface area contributed by atoms with E-state index in [-0.39, 0.29) is 17.2 Å². The molecule has 1 saturated heterocycles. The second kappa shape index (κ2) is 6.08. The SMILES string of the molecule is CCN(Cc1ccc(Br)s1)C(=O)[C@H]1CSC(=O)N1. The van der Waals surface area contributed by atoms with Gasteiger partial charge < -0.3 is 10.2 Å². The van der Waals surface area contributed by atoms with Crippen molar-refractivity contribution >= 4 is 50.2 Å². The lowest BCUT2D eigenvalue weighted by Crippen LogP contribution is -2.45. The number of amides is 2. The highest BCUT2D eigenvalue weighted by molar-refractivity contribution is 9.11. The molecule has 4 nitrogen and oxygen atoms in total. The molecule has 1 atom stereocenters. The van der Waals surface area contributed by atoms with Gasteiger partial charge in [0, 0.05) is 17.2 Å². The Balaban J connectivity index is 1.99. The first-order chi connectivity index (χ1) is 8.60. The minimum atomic E-state index is -0.370. The molecule has 0 saturated carbocycles. The van der Waals surface area contributed by atoms with Crippen LogP contribution in [0, 0.1) is 0 Å². The molecule has 1 aromatic rings. The smallest absolute Gasteiger partial charge is 0.279 e. The Morgan fingerprint density at radius 2 is 2.39 bits per heavy atom. The fraction of sp³-hybridized carbons (Fsp3) is 0.455. The summed E-state index contributed by atoms with van der Waals surface area (Å²) in [5, 5.41) is 2.58. The highest BCUT2D eigenvalue weighted by Gasteiger charge is 2.31. The van der Waals surface area contributed by atoms with E-state index < -0.39 is 0 Å². The van der Waals surface area contributed by atoms with E-state index >= 15 is 0 Å². The summed E-state index contributed by atoms with van der Waals surface area (Å²) in [6.07, 6.45) is 0. The third-order valence-electron chi connectivity index (χ3n) is 2.64. The van der Waals surface area contributed by atoms with E-state index in [0.29, 0.717) is 18.8 Å². The van der Waals surface area contributed by atoms with E-state index in [1.807, 2.05) is 19.1 Å². The molecule has 0 aromatic carbocycles. The molecule has 2 heterocycles. The van der Waals surface area contributed by atoms with Crippen molar-refractivity contribution in [1.29, 1.82) is 0 Å². The Morgan fingerprint density at radius 3 is 2.89 bits per heavy atom. The molecule has 0 radical (unpaired) electrons. The lowest BCUT2D eigenvalue weighted by atomic mass is 10.2. The van der Waals surface area contributed by atoms with Crippen LogP contribution in [0.25, 0.3) is 0 Å². The number of halogens is 1. The van der Waals surface area contributed by atoms with E-state index in [1.165, 1.54) is 11.8 Å². The Morgan fingerprint density at radius 1 is 1.61 bits per heavy atom. The molecule has 98 valence electrons. The van der Waals surface area contributed by atoms with Crippen molar-refractivity contribution in [1.82, 2.24) is 10.2 Å². The molecule has 0 unspecified atom stereocenters. The fourth-order valence-corrected chi connectivity index (χ4v) is 3.98. The molecule has 2 rings (SSSR count). The molecule has 2 amide bonds. The Bertz CT molecular complexity index is 464. The van der Waals surface area contributed by atoms with Crippen molar-refractivity contribution in [2.45, 2.75) is 19.5 Å². The van der Waals surface area contributed by atoms with Crippen LogP contribution >= 0.6 is 39.0 Å². The zero-order valence-electron chi connectivity index (χ0n) is 9.81. The molecular weight excluding hydrogens is 336 g/mol. The number of likely N-dealkylation sites (N-methyl/N-ethyl adjacent to an activating group) is 1. The number of nitrogens with zero attached hydrogens (tertiary/aromatic N) is 1. The first-order valence-electron chi connectivity index (χ1n) is 5.56. The van der Waals surface area contributed by atoms with Crippen molar-refractivity contribution in [2.75, 3.05) is 12.3 Å². The number of thiophene rings is 1. The molecule has 0 bridgehead atoms. The Labute approximate surface area is 122 Å². The van der Waals surface area contributed by atoms with Gasteiger partial charge in [0.05, 0.1) is 10.3 Å². The molecular formula is C11H13BrN2O2S2. The monoisotopic (exact) mass is 348 g/mol. The second-order valence-electron chi connectivity index (χ2n) is 3.85. The summed E-state index contributed by atoms with van der Waals surface area (Å²) >= 11 is 6.20. The van der Waals surface area contributed by atoms with Gasteiger partial charge in [-0.2, -0.15) is 0 Å². The summed E-state index contributed by atoms with van der Waals surface area (Å²) in [5.41, 5.74) is 0. The summed E-state index contributed by atoms with van der Waals surface area (Å²) in [4.78, 5) is 26.2. The minimum Gasteiger partial charge on any atom is -0.336 e. The van der Waals surface area contributed by atoms with E-state index in [9.17, 15) is 9.59 Å². The van der Waals surface area contributed by atoms with Crippen LogP contribution in [0.3, 0.4) is 0 Å². The average Bonchev–Trinajstić information content (AvgIpc) is 2.94.